The zero-order valence-corrected chi connectivity index (χ0v) is 34.7. The fourth-order valence-electron chi connectivity index (χ4n) is 7.41. The van der Waals surface area contributed by atoms with Crippen LogP contribution in [0.25, 0.3) is 0 Å². The molecule has 0 radical (unpaired) electrons. The van der Waals surface area contributed by atoms with E-state index in [0.29, 0.717) is 32.2 Å². The molecule has 0 heterocycles. The second kappa shape index (κ2) is 37.8. The summed E-state index contributed by atoms with van der Waals surface area (Å²) >= 11 is 0. The van der Waals surface area contributed by atoms with Crippen LogP contribution in [0.2, 0.25) is 0 Å². The van der Waals surface area contributed by atoms with Crippen LogP contribution in [0.1, 0.15) is 232 Å². The first kappa shape index (κ1) is 50.5. The summed E-state index contributed by atoms with van der Waals surface area (Å²) in [5, 5.41) is 5.81. The van der Waals surface area contributed by atoms with Gasteiger partial charge in [-0.25, -0.2) is 0 Å². The van der Waals surface area contributed by atoms with Gasteiger partial charge in [0.15, 0.2) is 5.78 Å². The van der Waals surface area contributed by atoms with E-state index in [4.69, 9.17) is 17.2 Å². The van der Waals surface area contributed by atoms with Crippen LogP contribution in [0.15, 0.2) is 0 Å². The molecule has 0 saturated carbocycles. The molecule has 0 aromatic carbocycles. The monoisotopic (exact) mass is 736 g/mol. The topological polar surface area (TPSA) is 153 Å². The van der Waals surface area contributed by atoms with Crippen LogP contribution in [0.5, 0.6) is 0 Å². The van der Waals surface area contributed by atoms with Crippen molar-refractivity contribution in [1.29, 1.82) is 0 Å². The lowest BCUT2D eigenvalue weighted by Crippen LogP contribution is -2.60. The SMILES string of the molecule is CCCCCCCCCCCCCCCCCCC(CCCCCCCCCCCCCCCC)(NC(=O)C(N)CCCN)C(=O)CNC(=O)CN. The van der Waals surface area contributed by atoms with Gasteiger partial charge in [-0.2, -0.15) is 0 Å². The van der Waals surface area contributed by atoms with Gasteiger partial charge in [0.05, 0.1) is 19.1 Å². The van der Waals surface area contributed by atoms with Gasteiger partial charge >= 0.3 is 0 Å². The van der Waals surface area contributed by atoms with Crippen LogP contribution in [-0.2, 0) is 14.4 Å². The zero-order chi connectivity index (χ0) is 38.4. The number of nitrogens with two attached hydrogens (primary N) is 3. The molecule has 2 unspecified atom stereocenters. The van der Waals surface area contributed by atoms with Gasteiger partial charge in [-0.15, -0.1) is 0 Å². The molecular formula is C44H89N5O3. The average molecular weight is 736 g/mol. The Kier molecular flexibility index (Phi) is 36.7. The summed E-state index contributed by atoms with van der Waals surface area (Å²) in [6.45, 7) is 4.70. The largest absolute Gasteiger partial charge is 0.348 e. The number of carbonyl (C=O) groups is 3. The summed E-state index contributed by atoms with van der Waals surface area (Å²) in [6.07, 6.45) is 40.4. The quantitative estimate of drug-likeness (QED) is 0.0394. The van der Waals surface area contributed by atoms with Crippen molar-refractivity contribution in [3.63, 3.8) is 0 Å². The van der Waals surface area contributed by atoms with Gasteiger partial charge in [0.25, 0.3) is 0 Å². The third-order valence-corrected chi connectivity index (χ3v) is 11.0. The Balaban J connectivity index is 4.87. The second-order valence-electron chi connectivity index (χ2n) is 15.9. The molecule has 0 aliphatic heterocycles. The number of nitrogens with one attached hydrogen (secondary N) is 2. The molecular weight excluding hydrogens is 647 g/mol. The minimum Gasteiger partial charge on any atom is -0.348 e. The molecule has 308 valence electrons. The van der Waals surface area contributed by atoms with Crippen molar-refractivity contribution >= 4 is 17.6 Å². The molecule has 52 heavy (non-hydrogen) atoms. The standard InChI is InChI=1S/C44H89N5O3/c1-3-5-7-9-11-13-15-17-19-20-22-24-26-28-30-32-36-44(41(50)39-48-42(51)38-46,49-43(52)40(47)34-33-37-45)35-31-29-27-25-23-21-18-16-14-12-10-8-6-4-2/h40H,3-39,45-47H2,1-2H3,(H,48,51)(H,49,52). The molecule has 0 bridgehead atoms. The molecule has 0 aliphatic rings. The van der Waals surface area contributed by atoms with Gasteiger partial charge < -0.3 is 27.8 Å². The maximum absolute atomic E-state index is 13.9. The van der Waals surface area contributed by atoms with E-state index >= 15 is 0 Å². The average Bonchev–Trinajstić information content (AvgIpc) is 3.15. The Morgan fingerprint density at radius 1 is 0.500 bits per heavy atom. The number of rotatable bonds is 41. The Morgan fingerprint density at radius 3 is 1.13 bits per heavy atom. The molecule has 0 rings (SSSR count). The van der Waals surface area contributed by atoms with Crippen molar-refractivity contribution in [2.24, 2.45) is 17.2 Å². The summed E-state index contributed by atoms with van der Waals surface area (Å²) in [7, 11) is 0. The van der Waals surface area contributed by atoms with Gasteiger partial charge in [0.2, 0.25) is 11.8 Å². The van der Waals surface area contributed by atoms with E-state index in [2.05, 4.69) is 24.5 Å². The number of ketones is 1. The lowest BCUT2D eigenvalue weighted by molar-refractivity contribution is -0.134. The van der Waals surface area contributed by atoms with Gasteiger partial charge in [-0.3, -0.25) is 14.4 Å². The Morgan fingerprint density at radius 2 is 0.827 bits per heavy atom. The van der Waals surface area contributed by atoms with Crippen molar-refractivity contribution in [1.82, 2.24) is 10.6 Å². The predicted molar refractivity (Wildman–Crippen MR) is 223 cm³/mol. The molecule has 0 spiro atoms. The van der Waals surface area contributed by atoms with Crippen LogP contribution in [0.3, 0.4) is 0 Å². The number of amides is 2. The second-order valence-corrected chi connectivity index (χ2v) is 15.9. The first-order valence-electron chi connectivity index (χ1n) is 22.6. The highest BCUT2D eigenvalue weighted by molar-refractivity contribution is 5.97. The summed E-state index contributed by atoms with van der Waals surface area (Å²) in [5.74, 6) is -0.815. The van der Waals surface area contributed by atoms with E-state index in [1.807, 2.05) is 0 Å². The van der Waals surface area contributed by atoms with Crippen molar-refractivity contribution in [3.05, 3.63) is 0 Å². The molecule has 8 N–H and O–H groups in total. The van der Waals surface area contributed by atoms with Crippen LogP contribution in [0, 0.1) is 0 Å². The van der Waals surface area contributed by atoms with Gasteiger partial charge in [-0.05, 0) is 32.2 Å². The minimum atomic E-state index is -1.04. The molecule has 8 nitrogen and oxygen atoms in total. The van der Waals surface area contributed by atoms with E-state index in [1.54, 1.807) is 0 Å². The molecule has 0 fully saturated rings. The molecule has 2 amide bonds. The molecule has 8 heteroatoms. The Labute approximate surface area is 322 Å². The van der Waals surface area contributed by atoms with E-state index in [0.717, 1.165) is 38.5 Å². The number of Topliss-reactive ketones (excluding diaryl/α,β-unsaturated/α-hetero) is 1. The lowest BCUT2D eigenvalue weighted by atomic mass is 9.81. The minimum absolute atomic E-state index is 0.133. The smallest absolute Gasteiger partial charge is 0.237 e. The van der Waals surface area contributed by atoms with E-state index in [1.165, 1.54) is 154 Å². The first-order valence-corrected chi connectivity index (χ1v) is 22.6. The highest BCUT2D eigenvalue weighted by atomic mass is 16.2. The third kappa shape index (κ3) is 29.9. The predicted octanol–water partition coefficient (Wildman–Crippen LogP) is 10.1. The van der Waals surface area contributed by atoms with E-state index in [-0.39, 0.29) is 30.7 Å². The van der Waals surface area contributed by atoms with Crippen LogP contribution >= 0.6 is 0 Å². The first-order chi connectivity index (χ1) is 25.4. The number of hydrogen-bond donors (Lipinski definition) is 5. The highest BCUT2D eigenvalue weighted by Crippen LogP contribution is 2.26. The van der Waals surface area contributed by atoms with Crippen molar-refractivity contribution in [2.45, 2.75) is 244 Å². The van der Waals surface area contributed by atoms with Gasteiger partial charge in [0.1, 0.15) is 5.54 Å². The van der Waals surface area contributed by atoms with Crippen molar-refractivity contribution in [2.75, 3.05) is 19.6 Å². The Bertz CT molecular complexity index is 826. The molecule has 2 atom stereocenters. The molecule has 0 aromatic rings. The number of unbranched alkanes of at least 4 members (excludes halogenated alkanes) is 28. The summed E-state index contributed by atoms with van der Waals surface area (Å²) in [5.41, 5.74) is 16.4. The maximum atomic E-state index is 13.9. The summed E-state index contributed by atoms with van der Waals surface area (Å²) < 4.78 is 0. The molecule has 0 aromatic heterocycles. The number of hydrogen-bond acceptors (Lipinski definition) is 6. The normalized spacial score (nSPS) is 13.2. The zero-order valence-electron chi connectivity index (χ0n) is 34.7. The summed E-state index contributed by atoms with van der Waals surface area (Å²) in [4.78, 5) is 39.2. The van der Waals surface area contributed by atoms with Gasteiger partial charge in [0, 0.05) is 0 Å². The fraction of sp³-hybridized carbons (Fsp3) is 0.932. The lowest BCUT2D eigenvalue weighted by Gasteiger charge is -2.35. The van der Waals surface area contributed by atoms with E-state index in [9.17, 15) is 14.4 Å². The third-order valence-electron chi connectivity index (χ3n) is 11.0. The van der Waals surface area contributed by atoms with Gasteiger partial charge in [-0.1, -0.05) is 206 Å². The van der Waals surface area contributed by atoms with Crippen molar-refractivity contribution < 1.29 is 14.4 Å². The Hall–Kier alpha value is -1.51. The van der Waals surface area contributed by atoms with Crippen LogP contribution in [0.4, 0.5) is 0 Å². The summed E-state index contributed by atoms with van der Waals surface area (Å²) in [6, 6.07) is -0.712. The van der Waals surface area contributed by atoms with Crippen LogP contribution in [-0.4, -0.2) is 48.8 Å². The number of carbonyl (C=O) groups excluding carboxylic acids is 3. The van der Waals surface area contributed by atoms with Crippen molar-refractivity contribution in [3.8, 4) is 0 Å². The fourth-order valence-corrected chi connectivity index (χ4v) is 7.41. The molecule has 0 aliphatic carbocycles. The maximum Gasteiger partial charge on any atom is 0.237 e. The van der Waals surface area contributed by atoms with Crippen LogP contribution < -0.4 is 27.8 Å². The highest BCUT2D eigenvalue weighted by Gasteiger charge is 2.39. The molecule has 0 saturated heterocycles. The van der Waals surface area contributed by atoms with E-state index < -0.39 is 11.6 Å².